The van der Waals surface area contributed by atoms with Gasteiger partial charge in [-0.15, -0.1) is 0 Å². The molecule has 0 aliphatic carbocycles. The summed E-state index contributed by atoms with van der Waals surface area (Å²) < 4.78 is 10.8. The van der Waals surface area contributed by atoms with Crippen LogP contribution in [-0.2, 0) is 16.1 Å². The molecule has 0 amide bonds. The molecule has 2 heterocycles. The van der Waals surface area contributed by atoms with Crippen LogP contribution in [0.4, 0.5) is 0 Å². The Balaban J connectivity index is 1.82. The van der Waals surface area contributed by atoms with Crippen LogP contribution in [0.15, 0.2) is 18.3 Å². The van der Waals surface area contributed by atoms with Crippen LogP contribution < -0.4 is 0 Å². The minimum absolute atomic E-state index is 0.241. The molecule has 3 nitrogen and oxygen atoms in total. The van der Waals surface area contributed by atoms with E-state index in [9.17, 15) is 0 Å². The van der Waals surface area contributed by atoms with E-state index in [0.29, 0.717) is 18.4 Å². The van der Waals surface area contributed by atoms with Crippen molar-refractivity contribution in [2.75, 3.05) is 13.2 Å². The molecule has 0 spiro atoms. The van der Waals surface area contributed by atoms with Gasteiger partial charge >= 0.3 is 0 Å². The number of hydrogen-bond donors (Lipinski definition) is 0. The number of aromatic nitrogens is 1. The van der Waals surface area contributed by atoms with Crippen molar-refractivity contribution in [3.8, 4) is 0 Å². The van der Waals surface area contributed by atoms with Crippen molar-refractivity contribution >= 4 is 11.6 Å². The van der Waals surface area contributed by atoms with E-state index < -0.39 is 0 Å². The summed E-state index contributed by atoms with van der Waals surface area (Å²) in [5, 5.41) is 0.512. The van der Waals surface area contributed by atoms with Crippen LogP contribution in [0, 0.1) is 0 Å². The van der Waals surface area contributed by atoms with Crippen molar-refractivity contribution in [2.45, 2.75) is 19.1 Å². The van der Waals surface area contributed by atoms with E-state index in [4.69, 9.17) is 21.1 Å². The number of nitrogens with zero attached hydrogens (tertiary/aromatic N) is 1. The Bertz CT molecular complexity index is 283. The molecular weight excluding hydrogens is 202 g/mol. The smallest absolute Gasteiger partial charge is 0.129 e. The van der Waals surface area contributed by atoms with Gasteiger partial charge in [-0.05, 0) is 18.1 Å². The van der Waals surface area contributed by atoms with Crippen LogP contribution in [0.5, 0.6) is 0 Å². The SMILES string of the molecule is Clc1ccc(COC2CCOC2)cn1. The Hall–Kier alpha value is -0.640. The van der Waals surface area contributed by atoms with Gasteiger partial charge in [-0.2, -0.15) is 0 Å². The molecule has 1 aliphatic heterocycles. The second kappa shape index (κ2) is 4.73. The Morgan fingerprint density at radius 1 is 1.57 bits per heavy atom. The quantitative estimate of drug-likeness (QED) is 0.721. The third kappa shape index (κ3) is 2.67. The summed E-state index contributed by atoms with van der Waals surface area (Å²) in [7, 11) is 0. The second-order valence-electron chi connectivity index (χ2n) is 3.29. The van der Waals surface area contributed by atoms with Crippen LogP contribution in [0.25, 0.3) is 0 Å². The number of rotatable bonds is 3. The van der Waals surface area contributed by atoms with E-state index in [2.05, 4.69) is 4.98 Å². The Morgan fingerprint density at radius 3 is 3.14 bits per heavy atom. The molecule has 1 aromatic rings. The molecule has 1 aromatic heterocycles. The van der Waals surface area contributed by atoms with Gasteiger partial charge in [0.25, 0.3) is 0 Å². The van der Waals surface area contributed by atoms with Gasteiger partial charge in [0.05, 0.1) is 19.3 Å². The van der Waals surface area contributed by atoms with E-state index in [1.54, 1.807) is 12.3 Å². The molecule has 0 N–H and O–H groups in total. The third-order valence-electron chi connectivity index (χ3n) is 2.16. The summed E-state index contributed by atoms with van der Waals surface area (Å²) in [5.41, 5.74) is 1.04. The van der Waals surface area contributed by atoms with Gasteiger partial charge < -0.3 is 9.47 Å². The van der Waals surface area contributed by atoms with Crippen LogP contribution in [-0.4, -0.2) is 24.3 Å². The van der Waals surface area contributed by atoms with Crippen LogP contribution in [0.1, 0.15) is 12.0 Å². The average Bonchev–Trinajstić information content (AvgIpc) is 2.70. The first-order valence-electron chi connectivity index (χ1n) is 4.64. The third-order valence-corrected chi connectivity index (χ3v) is 2.39. The molecule has 76 valence electrons. The Labute approximate surface area is 88.0 Å². The maximum absolute atomic E-state index is 5.67. The molecular formula is C10H12ClNO2. The first-order chi connectivity index (χ1) is 6.84. The Morgan fingerprint density at radius 2 is 2.50 bits per heavy atom. The molecule has 4 heteroatoms. The van der Waals surface area contributed by atoms with Crippen molar-refractivity contribution in [1.82, 2.24) is 4.98 Å². The number of halogens is 1. The first kappa shape index (κ1) is 9.90. The number of hydrogen-bond acceptors (Lipinski definition) is 3. The number of pyridine rings is 1. The highest BCUT2D eigenvalue weighted by Gasteiger charge is 2.15. The van der Waals surface area contributed by atoms with Gasteiger partial charge in [-0.1, -0.05) is 17.7 Å². The fourth-order valence-corrected chi connectivity index (χ4v) is 1.46. The fourth-order valence-electron chi connectivity index (χ4n) is 1.35. The van der Waals surface area contributed by atoms with Crippen molar-refractivity contribution in [1.29, 1.82) is 0 Å². The van der Waals surface area contributed by atoms with Crippen LogP contribution >= 0.6 is 11.6 Å². The molecule has 2 rings (SSSR count). The maximum Gasteiger partial charge on any atom is 0.129 e. The van der Waals surface area contributed by atoms with Crippen LogP contribution in [0.3, 0.4) is 0 Å². The van der Waals surface area contributed by atoms with E-state index in [1.165, 1.54) is 0 Å². The summed E-state index contributed by atoms with van der Waals surface area (Å²) in [6.45, 7) is 2.10. The van der Waals surface area contributed by atoms with Crippen molar-refractivity contribution in [2.24, 2.45) is 0 Å². The van der Waals surface area contributed by atoms with Gasteiger partial charge in [-0.25, -0.2) is 4.98 Å². The standard InChI is InChI=1S/C10H12ClNO2/c11-10-2-1-8(5-12-10)6-14-9-3-4-13-7-9/h1-2,5,9H,3-4,6-7H2. The summed E-state index contributed by atoms with van der Waals surface area (Å²) >= 11 is 5.67. The average molecular weight is 214 g/mol. The molecule has 0 bridgehead atoms. The molecule has 14 heavy (non-hydrogen) atoms. The molecule has 1 atom stereocenters. The van der Waals surface area contributed by atoms with Gasteiger partial charge in [0.15, 0.2) is 0 Å². The summed E-state index contributed by atoms with van der Waals surface area (Å²) in [6.07, 6.45) is 2.96. The molecule has 1 saturated heterocycles. The summed E-state index contributed by atoms with van der Waals surface area (Å²) in [5.74, 6) is 0. The van der Waals surface area contributed by atoms with Crippen molar-refractivity contribution < 1.29 is 9.47 Å². The highest BCUT2D eigenvalue weighted by molar-refractivity contribution is 6.29. The minimum atomic E-state index is 0.241. The number of ether oxygens (including phenoxy) is 2. The zero-order valence-corrected chi connectivity index (χ0v) is 8.54. The molecule has 0 aromatic carbocycles. The normalized spacial score (nSPS) is 21.4. The van der Waals surface area contributed by atoms with Gasteiger partial charge in [0.1, 0.15) is 5.15 Å². The maximum atomic E-state index is 5.67. The van der Waals surface area contributed by atoms with E-state index >= 15 is 0 Å². The van der Waals surface area contributed by atoms with Crippen molar-refractivity contribution in [3.63, 3.8) is 0 Å². The van der Waals surface area contributed by atoms with Crippen molar-refractivity contribution in [3.05, 3.63) is 29.0 Å². The van der Waals surface area contributed by atoms with E-state index in [-0.39, 0.29) is 6.10 Å². The lowest BCUT2D eigenvalue weighted by Gasteiger charge is -2.09. The second-order valence-corrected chi connectivity index (χ2v) is 3.67. The molecule has 1 fully saturated rings. The van der Waals surface area contributed by atoms with E-state index in [0.717, 1.165) is 18.6 Å². The predicted octanol–water partition coefficient (Wildman–Crippen LogP) is 2.04. The monoisotopic (exact) mass is 213 g/mol. The van der Waals surface area contributed by atoms with E-state index in [1.807, 2.05) is 6.07 Å². The van der Waals surface area contributed by atoms with Gasteiger partial charge in [-0.3, -0.25) is 0 Å². The fraction of sp³-hybridized carbons (Fsp3) is 0.500. The summed E-state index contributed by atoms with van der Waals surface area (Å²) in [4.78, 5) is 3.98. The highest BCUT2D eigenvalue weighted by atomic mass is 35.5. The lowest BCUT2D eigenvalue weighted by Crippen LogP contribution is -2.11. The lowest BCUT2D eigenvalue weighted by atomic mass is 10.3. The van der Waals surface area contributed by atoms with Gasteiger partial charge in [0.2, 0.25) is 0 Å². The summed E-state index contributed by atoms with van der Waals surface area (Å²) in [6, 6.07) is 3.69. The minimum Gasteiger partial charge on any atom is -0.379 e. The van der Waals surface area contributed by atoms with Gasteiger partial charge in [0, 0.05) is 12.8 Å². The highest BCUT2D eigenvalue weighted by Crippen LogP contribution is 2.12. The molecule has 0 radical (unpaired) electrons. The zero-order valence-electron chi connectivity index (χ0n) is 7.78. The topological polar surface area (TPSA) is 31.4 Å². The lowest BCUT2D eigenvalue weighted by molar-refractivity contribution is 0.0316. The molecule has 1 aliphatic rings. The molecule has 1 unspecified atom stereocenters. The largest absolute Gasteiger partial charge is 0.379 e. The predicted molar refractivity (Wildman–Crippen MR) is 53.3 cm³/mol. The van der Waals surface area contributed by atoms with Crippen LogP contribution in [0.2, 0.25) is 5.15 Å². The zero-order chi connectivity index (χ0) is 9.80. The first-order valence-corrected chi connectivity index (χ1v) is 5.02. The Kier molecular flexibility index (Phi) is 3.35. The molecule has 0 saturated carbocycles.